The summed E-state index contributed by atoms with van der Waals surface area (Å²) in [4.78, 5) is 19.2. The Bertz CT molecular complexity index is 878. The first kappa shape index (κ1) is 24.5. The van der Waals surface area contributed by atoms with Crippen LogP contribution in [-0.2, 0) is 17.9 Å². The molecule has 0 bridgehead atoms. The van der Waals surface area contributed by atoms with E-state index >= 15 is 0 Å². The average Bonchev–Trinajstić information content (AvgIpc) is 3.47. The lowest BCUT2D eigenvalue weighted by atomic mass is 9.88. The molecule has 2 fully saturated rings. The second-order valence-electron chi connectivity index (χ2n) is 8.71. The Kier molecular flexibility index (Phi) is 9.37. The number of benzene rings is 1. The van der Waals surface area contributed by atoms with Gasteiger partial charge in [-0.2, -0.15) is 5.10 Å². The average molecular weight is 550 g/mol. The summed E-state index contributed by atoms with van der Waals surface area (Å²) in [5.74, 6) is 1.38. The van der Waals surface area contributed by atoms with Crippen molar-refractivity contribution in [2.75, 3.05) is 20.1 Å². The number of likely N-dealkylation sites (tertiary alicyclic amines) is 1. The molecule has 2 aromatic rings. The van der Waals surface area contributed by atoms with E-state index in [0.29, 0.717) is 12.5 Å². The maximum absolute atomic E-state index is 12.8. The summed E-state index contributed by atoms with van der Waals surface area (Å²) in [7, 11) is 1.79. The highest BCUT2D eigenvalue weighted by molar-refractivity contribution is 14.0. The van der Waals surface area contributed by atoms with Crippen molar-refractivity contribution in [3.8, 4) is 0 Å². The van der Waals surface area contributed by atoms with Crippen LogP contribution in [0.4, 0.5) is 0 Å². The van der Waals surface area contributed by atoms with Crippen LogP contribution in [0, 0.1) is 5.92 Å². The molecule has 1 atom stereocenters. The highest BCUT2D eigenvalue weighted by Gasteiger charge is 2.31. The number of hydrogen-bond acceptors (Lipinski definition) is 3. The molecule has 174 valence electrons. The second-order valence-corrected chi connectivity index (χ2v) is 8.71. The Labute approximate surface area is 208 Å². The van der Waals surface area contributed by atoms with E-state index in [4.69, 9.17) is 0 Å². The minimum absolute atomic E-state index is 0. The van der Waals surface area contributed by atoms with Crippen LogP contribution in [0.25, 0.3) is 0 Å². The molecule has 1 unspecified atom stereocenters. The normalized spacial score (nSPS) is 19.5. The van der Waals surface area contributed by atoms with Crippen molar-refractivity contribution >= 4 is 35.8 Å². The lowest BCUT2D eigenvalue weighted by Crippen LogP contribution is -2.45. The van der Waals surface area contributed by atoms with Gasteiger partial charge in [0.25, 0.3) is 0 Å². The summed E-state index contributed by atoms with van der Waals surface area (Å²) < 4.78 is 1.95. The number of rotatable bonds is 6. The predicted octanol–water partition coefficient (Wildman–Crippen LogP) is 3.40. The third-order valence-corrected chi connectivity index (χ3v) is 6.35. The van der Waals surface area contributed by atoms with E-state index in [1.165, 1.54) is 24.8 Å². The Morgan fingerprint density at radius 2 is 1.91 bits per heavy atom. The number of carbonyl (C=O) groups excluding carboxylic acids is 1. The molecule has 2 heterocycles. The van der Waals surface area contributed by atoms with Crippen molar-refractivity contribution in [3.63, 3.8) is 0 Å². The summed E-state index contributed by atoms with van der Waals surface area (Å²) in [5, 5.41) is 11.3. The lowest BCUT2D eigenvalue weighted by molar-refractivity contribution is -0.135. The van der Waals surface area contributed by atoms with Crippen molar-refractivity contribution in [2.45, 2.75) is 57.7 Å². The van der Waals surface area contributed by atoms with Crippen LogP contribution in [0.15, 0.2) is 47.7 Å². The van der Waals surface area contributed by atoms with Gasteiger partial charge in [-0.05, 0) is 24.8 Å². The van der Waals surface area contributed by atoms with Gasteiger partial charge in [0, 0.05) is 50.4 Å². The lowest BCUT2D eigenvalue weighted by Gasteiger charge is -2.26. The van der Waals surface area contributed by atoms with Gasteiger partial charge in [-0.25, -0.2) is 0 Å². The smallest absolute Gasteiger partial charge is 0.225 e. The monoisotopic (exact) mass is 550 g/mol. The maximum atomic E-state index is 12.8. The minimum Gasteiger partial charge on any atom is -0.352 e. The first-order valence-corrected chi connectivity index (χ1v) is 11.5. The summed E-state index contributed by atoms with van der Waals surface area (Å²) in [5.41, 5.74) is 2.34. The zero-order valence-electron chi connectivity index (χ0n) is 18.9. The molecule has 1 aromatic carbocycles. The number of carbonyl (C=O) groups is 1. The fourth-order valence-electron chi connectivity index (χ4n) is 4.61. The number of nitrogens with zero attached hydrogens (tertiary/aromatic N) is 4. The van der Waals surface area contributed by atoms with Gasteiger partial charge in [0.2, 0.25) is 5.91 Å². The molecule has 0 spiro atoms. The first-order valence-electron chi connectivity index (χ1n) is 11.5. The van der Waals surface area contributed by atoms with Gasteiger partial charge >= 0.3 is 0 Å². The molecule has 2 N–H and O–H groups in total. The first-order chi connectivity index (χ1) is 15.2. The molecule has 1 aliphatic heterocycles. The Balaban J connectivity index is 0.00000289. The molecule has 1 saturated heterocycles. The molecule has 7 nitrogen and oxygen atoms in total. The van der Waals surface area contributed by atoms with Gasteiger partial charge in [-0.3, -0.25) is 14.5 Å². The molecular weight excluding hydrogens is 515 g/mol. The third-order valence-electron chi connectivity index (χ3n) is 6.35. The third kappa shape index (κ3) is 6.70. The van der Waals surface area contributed by atoms with E-state index in [0.717, 1.165) is 50.4 Å². The van der Waals surface area contributed by atoms with Gasteiger partial charge < -0.3 is 15.5 Å². The maximum Gasteiger partial charge on any atom is 0.225 e. The molecule has 0 radical (unpaired) electrons. The number of halogens is 1. The minimum atomic E-state index is 0. The van der Waals surface area contributed by atoms with Crippen molar-refractivity contribution in [1.29, 1.82) is 0 Å². The summed E-state index contributed by atoms with van der Waals surface area (Å²) in [6.45, 7) is 3.04. The molecule has 1 saturated carbocycles. The number of amides is 1. The van der Waals surface area contributed by atoms with Crippen molar-refractivity contribution in [2.24, 2.45) is 10.9 Å². The van der Waals surface area contributed by atoms with E-state index in [1.807, 2.05) is 29.1 Å². The van der Waals surface area contributed by atoms with Crippen LogP contribution in [0.3, 0.4) is 0 Å². The number of hydrogen-bond donors (Lipinski definition) is 2. The quantitative estimate of drug-likeness (QED) is 0.329. The van der Waals surface area contributed by atoms with Crippen molar-refractivity contribution < 1.29 is 4.79 Å². The zero-order valence-corrected chi connectivity index (χ0v) is 21.2. The number of aromatic nitrogens is 2. The van der Waals surface area contributed by atoms with Crippen LogP contribution in [-0.4, -0.2) is 52.7 Å². The molecule has 1 aromatic heterocycles. The fraction of sp³-hybridized carbons (Fsp3) is 0.542. The molecule has 1 amide bonds. The van der Waals surface area contributed by atoms with Gasteiger partial charge in [0.05, 0.1) is 12.7 Å². The molecule has 8 heteroatoms. The van der Waals surface area contributed by atoms with E-state index in [2.05, 4.69) is 44.0 Å². The Morgan fingerprint density at radius 1 is 1.12 bits per heavy atom. The Hall–Kier alpha value is -2.10. The second kappa shape index (κ2) is 12.2. The van der Waals surface area contributed by atoms with Gasteiger partial charge in [-0.15, -0.1) is 24.0 Å². The van der Waals surface area contributed by atoms with E-state index in [9.17, 15) is 4.79 Å². The number of aliphatic imine (C=N–C) groups is 1. The molecule has 32 heavy (non-hydrogen) atoms. The van der Waals surface area contributed by atoms with E-state index in [1.54, 1.807) is 7.05 Å². The van der Waals surface area contributed by atoms with E-state index < -0.39 is 0 Å². The fourth-order valence-corrected chi connectivity index (χ4v) is 4.61. The SMILES string of the molecule is CN=C(NCc1cnn(Cc2ccccc2)c1)NC1CCN(C(=O)C2CCCCC2)C1.I. The van der Waals surface area contributed by atoms with Crippen LogP contribution in [0.2, 0.25) is 0 Å². The highest BCUT2D eigenvalue weighted by Crippen LogP contribution is 2.26. The standard InChI is InChI=1S/C24H34N6O.HI/c1-25-24(26-14-20-15-27-30(17-20)16-19-8-4-2-5-9-19)28-22-12-13-29(18-22)23(31)21-10-6-3-7-11-21;/h2,4-5,8-9,15,17,21-22H,3,6-7,10-14,16,18H2,1H3,(H2,25,26,28);1H. The number of guanidine groups is 1. The molecule has 2 aliphatic rings. The van der Waals surface area contributed by atoms with Crippen LogP contribution in [0.5, 0.6) is 0 Å². The van der Waals surface area contributed by atoms with Crippen molar-refractivity contribution in [1.82, 2.24) is 25.3 Å². The summed E-state index contributed by atoms with van der Waals surface area (Å²) >= 11 is 0. The summed E-state index contributed by atoms with van der Waals surface area (Å²) in [6.07, 6.45) is 10.7. The predicted molar refractivity (Wildman–Crippen MR) is 138 cm³/mol. The van der Waals surface area contributed by atoms with Crippen LogP contribution in [0.1, 0.15) is 49.7 Å². The zero-order chi connectivity index (χ0) is 21.5. The van der Waals surface area contributed by atoms with E-state index in [-0.39, 0.29) is 35.9 Å². The molecular formula is C24H35IN6O. The highest BCUT2D eigenvalue weighted by atomic mass is 127. The molecule has 4 rings (SSSR count). The van der Waals surface area contributed by atoms with Crippen LogP contribution < -0.4 is 10.6 Å². The topological polar surface area (TPSA) is 74.6 Å². The van der Waals surface area contributed by atoms with Crippen molar-refractivity contribution in [3.05, 3.63) is 53.9 Å². The van der Waals surface area contributed by atoms with Gasteiger partial charge in [0.1, 0.15) is 0 Å². The van der Waals surface area contributed by atoms with Gasteiger partial charge in [-0.1, -0.05) is 49.6 Å². The Morgan fingerprint density at radius 3 is 2.66 bits per heavy atom. The largest absolute Gasteiger partial charge is 0.352 e. The van der Waals surface area contributed by atoms with Gasteiger partial charge in [0.15, 0.2) is 5.96 Å². The van der Waals surface area contributed by atoms with Crippen LogP contribution >= 0.6 is 24.0 Å². The molecule has 1 aliphatic carbocycles. The number of nitrogens with one attached hydrogen (secondary N) is 2. The summed E-state index contributed by atoms with van der Waals surface area (Å²) in [6, 6.07) is 10.6.